The van der Waals surface area contributed by atoms with Gasteiger partial charge in [0.15, 0.2) is 5.69 Å². The van der Waals surface area contributed by atoms with Gasteiger partial charge < -0.3 is 14.9 Å². The van der Waals surface area contributed by atoms with E-state index < -0.39 is 24.1 Å². The smallest absolute Gasteiger partial charge is 0.416 e. The van der Waals surface area contributed by atoms with Gasteiger partial charge in [0, 0.05) is 19.3 Å². The summed E-state index contributed by atoms with van der Waals surface area (Å²) in [6.45, 7) is 1.27. The van der Waals surface area contributed by atoms with Gasteiger partial charge in [-0.1, -0.05) is 23.7 Å². The van der Waals surface area contributed by atoms with E-state index in [2.05, 4.69) is 5.10 Å². The molecule has 1 saturated carbocycles. The molecule has 4 atom stereocenters. The van der Waals surface area contributed by atoms with Gasteiger partial charge in [-0.2, -0.15) is 18.3 Å². The van der Waals surface area contributed by atoms with E-state index in [1.54, 1.807) is 11.0 Å². The number of aromatic nitrogens is 2. The second-order valence-electron chi connectivity index (χ2n) is 8.03. The number of carboxylic acid groups (broad SMARTS) is 1. The van der Waals surface area contributed by atoms with E-state index in [1.807, 2.05) is 0 Å². The lowest BCUT2D eigenvalue weighted by Crippen LogP contribution is -2.32. The number of fused-ring (bicyclic) bond motifs is 1. The number of alkyl halides is 3. The summed E-state index contributed by atoms with van der Waals surface area (Å²) in [6, 6.07) is 5.13. The first kappa shape index (κ1) is 22.1. The molecule has 2 N–H and O–H groups in total. The molecule has 168 valence electrons. The summed E-state index contributed by atoms with van der Waals surface area (Å²) in [5, 5.41) is 23.4. The highest BCUT2D eigenvalue weighted by Crippen LogP contribution is 2.41. The molecule has 0 bridgehead atoms. The molecular weight excluding hydrogens is 439 g/mol. The van der Waals surface area contributed by atoms with Crippen LogP contribution in [0.3, 0.4) is 0 Å². The Hall–Kier alpha value is -2.14. The van der Waals surface area contributed by atoms with Crippen LogP contribution in [-0.2, 0) is 17.5 Å². The lowest BCUT2D eigenvalue weighted by atomic mass is 10.0. The first-order chi connectivity index (χ1) is 14.6. The normalized spacial score (nSPS) is 25.0. The van der Waals surface area contributed by atoms with E-state index in [9.17, 15) is 23.1 Å². The van der Waals surface area contributed by atoms with Gasteiger partial charge in [0.1, 0.15) is 0 Å². The predicted octanol–water partition coefficient (Wildman–Crippen LogP) is 3.63. The van der Waals surface area contributed by atoms with E-state index in [4.69, 9.17) is 21.4 Å². The Labute approximate surface area is 181 Å². The number of hydrogen-bond acceptors (Lipinski definition) is 5. The highest BCUT2D eigenvalue weighted by molar-refractivity contribution is 6.33. The molecular formula is C20H21ClF3N3O4. The number of aromatic carboxylic acids is 1. The van der Waals surface area contributed by atoms with Crippen molar-refractivity contribution in [3.8, 4) is 0 Å². The maximum atomic E-state index is 12.8. The molecule has 1 aromatic heterocycles. The van der Waals surface area contributed by atoms with Gasteiger partial charge in [0.25, 0.3) is 0 Å². The molecule has 2 unspecified atom stereocenters. The second-order valence-corrected chi connectivity index (χ2v) is 8.44. The van der Waals surface area contributed by atoms with Crippen LogP contribution in [0.1, 0.15) is 40.8 Å². The third kappa shape index (κ3) is 4.72. The number of ether oxygens (including phenoxy) is 1. The van der Waals surface area contributed by atoms with E-state index in [0.29, 0.717) is 18.7 Å². The van der Waals surface area contributed by atoms with Crippen LogP contribution in [0, 0.1) is 11.8 Å². The largest absolute Gasteiger partial charge is 0.476 e. The van der Waals surface area contributed by atoms with Gasteiger partial charge in [0.05, 0.1) is 23.3 Å². The van der Waals surface area contributed by atoms with Crippen LogP contribution in [0.25, 0.3) is 0 Å². The topological polar surface area (TPSA) is 87.8 Å². The number of carbonyl (C=O) groups is 1. The summed E-state index contributed by atoms with van der Waals surface area (Å²) in [5.41, 5.74) is -0.525. The highest BCUT2D eigenvalue weighted by Gasteiger charge is 2.43. The molecule has 1 aromatic carbocycles. The minimum atomic E-state index is -4.38. The van der Waals surface area contributed by atoms with Crippen LogP contribution in [0.2, 0.25) is 5.02 Å². The molecule has 2 aliphatic rings. The van der Waals surface area contributed by atoms with E-state index in [-0.39, 0.29) is 35.3 Å². The summed E-state index contributed by atoms with van der Waals surface area (Å²) in [6.07, 6.45) is -2.79. The van der Waals surface area contributed by atoms with Crippen molar-refractivity contribution >= 4 is 17.6 Å². The Morgan fingerprint density at radius 2 is 1.97 bits per heavy atom. The number of aliphatic hydroxyl groups excluding tert-OH is 1. The lowest BCUT2D eigenvalue weighted by Gasteiger charge is -2.24. The number of carboxylic acids is 1. The molecule has 0 amide bonds. The minimum Gasteiger partial charge on any atom is -0.476 e. The maximum absolute atomic E-state index is 12.8. The average Bonchev–Trinajstić information content (AvgIpc) is 3.38. The lowest BCUT2D eigenvalue weighted by molar-refractivity contribution is -0.137. The fourth-order valence-corrected chi connectivity index (χ4v) is 4.68. The van der Waals surface area contributed by atoms with Gasteiger partial charge in [-0.3, -0.25) is 4.90 Å². The number of nitrogens with zero attached hydrogens (tertiary/aromatic N) is 3. The number of likely N-dealkylation sites (tertiary alicyclic amines) is 1. The van der Waals surface area contributed by atoms with Gasteiger partial charge in [-0.25, -0.2) is 9.48 Å². The molecule has 1 saturated heterocycles. The summed E-state index contributed by atoms with van der Waals surface area (Å²) >= 11 is 5.85. The van der Waals surface area contributed by atoms with Crippen molar-refractivity contribution in [3.05, 3.63) is 52.3 Å². The van der Waals surface area contributed by atoms with E-state index >= 15 is 0 Å². The van der Waals surface area contributed by atoms with E-state index in [0.717, 1.165) is 29.7 Å². The zero-order valence-corrected chi connectivity index (χ0v) is 17.1. The first-order valence-corrected chi connectivity index (χ1v) is 10.2. The Bertz CT molecular complexity index is 953. The summed E-state index contributed by atoms with van der Waals surface area (Å²) in [4.78, 5) is 12.9. The van der Waals surface area contributed by atoms with Gasteiger partial charge in [0.2, 0.25) is 6.35 Å². The third-order valence-corrected chi connectivity index (χ3v) is 6.21. The molecule has 2 heterocycles. The van der Waals surface area contributed by atoms with Crippen molar-refractivity contribution in [1.29, 1.82) is 0 Å². The zero-order chi connectivity index (χ0) is 22.3. The fraction of sp³-hybridized carbons (Fsp3) is 0.500. The van der Waals surface area contributed by atoms with E-state index in [1.165, 1.54) is 12.3 Å². The van der Waals surface area contributed by atoms with Crippen LogP contribution in [0.5, 0.6) is 0 Å². The quantitative estimate of drug-likeness (QED) is 0.686. The molecule has 0 spiro atoms. The molecule has 2 fully saturated rings. The molecule has 1 aliphatic heterocycles. The Kier molecular flexibility index (Phi) is 5.99. The van der Waals surface area contributed by atoms with Crippen molar-refractivity contribution in [2.24, 2.45) is 11.8 Å². The fourth-order valence-electron chi connectivity index (χ4n) is 4.46. The zero-order valence-electron chi connectivity index (χ0n) is 16.3. The van der Waals surface area contributed by atoms with Crippen LogP contribution in [0.15, 0.2) is 30.5 Å². The second kappa shape index (κ2) is 8.42. The van der Waals surface area contributed by atoms with Crippen molar-refractivity contribution in [1.82, 2.24) is 14.7 Å². The number of rotatable bonds is 6. The van der Waals surface area contributed by atoms with Crippen molar-refractivity contribution in [2.75, 3.05) is 13.1 Å². The Morgan fingerprint density at radius 3 is 2.55 bits per heavy atom. The third-order valence-electron chi connectivity index (χ3n) is 5.93. The summed E-state index contributed by atoms with van der Waals surface area (Å²) in [5.74, 6) is -0.729. The molecule has 0 radical (unpaired) electrons. The molecule has 4 rings (SSSR count). The standard InChI is InChI=1S/C20H21ClF3N3O4/c21-16-9-27(25-17(16)18(28)29)19(30)26-7-12-5-15(6-13(12)8-26)31-10-11-2-1-3-14(4-11)20(22,23)24/h1-4,9,12-13,15,19,30H,5-8,10H2,(H,28,29)/t12-,13+,15?,19?. The maximum Gasteiger partial charge on any atom is 0.416 e. The minimum absolute atomic E-state index is 0.0472. The SMILES string of the molecule is O=C(O)c1nn(C(O)N2C[C@H]3CC(OCc4cccc(C(F)(F)F)c4)C[C@H]3C2)cc1Cl. The van der Waals surface area contributed by atoms with Crippen molar-refractivity contribution < 1.29 is 32.9 Å². The number of hydrogen-bond donors (Lipinski definition) is 2. The van der Waals surface area contributed by atoms with Crippen LogP contribution >= 0.6 is 11.6 Å². The monoisotopic (exact) mass is 459 g/mol. The van der Waals surface area contributed by atoms with Gasteiger partial charge in [-0.05, 0) is 42.4 Å². The highest BCUT2D eigenvalue weighted by atomic mass is 35.5. The van der Waals surface area contributed by atoms with Crippen molar-refractivity contribution in [3.63, 3.8) is 0 Å². The van der Waals surface area contributed by atoms with Crippen molar-refractivity contribution in [2.45, 2.75) is 38.1 Å². The average molecular weight is 460 g/mol. The molecule has 11 heteroatoms. The molecule has 7 nitrogen and oxygen atoms in total. The molecule has 2 aromatic rings. The number of aliphatic hydroxyl groups is 1. The molecule has 1 aliphatic carbocycles. The van der Waals surface area contributed by atoms with Crippen LogP contribution in [0.4, 0.5) is 13.2 Å². The first-order valence-electron chi connectivity index (χ1n) is 9.79. The summed E-state index contributed by atoms with van der Waals surface area (Å²) in [7, 11) is 0. The number of halogens is 4. The van der Waals surface area contributed by atoms with Gasteiger partial charge >= 0.3 is 12.1 Å². The molecule has 31 heavy (non-hydrogen) atoms. The Morgan fingerprint density at radius 1 is 1.29 bits per heavy atom. The summed E-state index contributed by atoms with van der Waals surface area (Å²) < 4.78 is 45.5. The van der Waals surface area contributed by atoms with Gasteiger partial charge in [-0.15, -0.1) is 0 Å². The Balaban J connectivity index is 1.30. The number of benzene rings is 1. The van der Waals surface area contributed by atoms with Crippen LogP contribution < -0.4 is 0 Å². The predicted molar refractivity (Wildman–Crippen MR) is 103 cm³/mol. The van der Waals surface area contributed by atoms with Crippen LogP contribution in [-0.4, -0.2) is 50.1 Å².